The summed E-state index contributed by atoms with van der Waals surface area (Å²) in [4.78, 5) is 11.9. The van der Waals surface area contributed by atoms with Gasteiger partial charge in [-0.05, 0) is 18.1 Å². The quantitative estimate of drug-likeness (QED) is 0.635. The number of ether oxygens (including phenoxy) is 3. The van der Waals surface area contributed by atoms with Crippen LogP contribution in [0.1, 0.15) is 18.1 Å². The maximum absolute atomic E-state index is 12.7. The lowest BCUT2D eigenvalue weighted by molar-refractivity contribution is -0.00577. The summed E-state index contributed by atoms with van der Waals surface area (Å²) in [5.41, 5.74) is 2.19. The summed E-state index contributed by atoms with van der Waals surface area (Å²) in [6, 6.07) is 7.99. The minimum absolute atomic E-state index is 0.0603. The topological polar surface area (TPSA) is 89.5 Å². The number of aliphatic hydroxyl groups excluding tert-OH is 1. The fourth-order valence-corrected chi connectivity index (χ4v) is 4.07. The highest BCUT2D eigenvalue weighted by atomic mass is 35.5. The Kier molecular flexibility index (Phi) is 5.06. The molecule has 10 heteroatoms. The van der Waals surface area contributed by atoms with Crippen LogP contribution < -0.4 is 4.74 Å². The third kappa shape index (κ3) is 3.51. The lowest BCUT2D eigenvalue weighted by atomic mass is 10.0. The second-order valence-corrected chi connectivity index (χ2v) is 7.69. The smallest absolute Gasteiger partial charge is 0.296 e. The molecule has 0 aliphatic carbocycles. The Morgan fingerprint density at radius 3 is 2.77 bits per heavy atom. The van der Waals surface area contributed by atoms with Gasteiger partial charge in [-0.1, -0.05) is 35.9 Å². The maximum atomic E-state index is 12.7. The summed E-state index contributed by atoms with van der Waals surface area (Å²) in [6.07, 6.45) is -4.12. The number of aromatic amines is 1. The van der Waals surface area contributed by atoms with Crippen LogP contribution in [-0.4, -0.2) is 58.0 Å². The summed E-state index contributed by atoms with van der Waals surface area (Å²) in [6.45, 7) is 1.09. The van der Waals surface area contributed by atoms with E-state index in [0.29, 0.717) is 46.7 Å². The zero-order valence-corrected chi connectivity index (χ0v) is 16.4. The lowest BCUT2D eigenvalue weighted by Crippen LogP contribution is -2.32. The first-order valence-electron chi connectivity index (χ1n) is 9.52. The molecule has 30 heavy (non-hydrogen) atoms. The lowest BCUT2D eigenvalue weighted by Gasteiger charge is -2.15. The van der Waals surface area contributed by atoms with Crippen molar-refractivity contribution in [3.8, 4) is 17.3 Å². The number of nitrogens with zero attached hydrogens (tertiary/aromatic N) is 2. The number of hydrogen-bond donors (Lipinski definition) is 2. The van der Waals surface area contributed by atoms with Crippen LogP contribution in [0.3, 0.4) is 0 Å². The highest BCUT2D eigenvalue weighted by Crippen LogP contribution is 2.32. The molecule has 2 fully saturated rings. The molecule has 2 N–H and O–H groups in total. The number of aromatic nitrogens is 3. The van der Waals surface area contributed by atoms with E-state index in [1.165, 1.54) is 12.1 Å². The van der Waals surface area contributed by atoms with E-state index in [9.17, 15) is 13.9 Å². The largest absolute Gasteiger partial charge is 0.456 e. The van der Waals surface area contributed by atoms with Crippen molar-refractivity contribution in [2.24, 2.45) is 0 Å². The van der Waals surface area contributed by atoms with Gasteiger partial charge in [0.15, 0.2) is 11.8 Å². The first kappa shape index (κ1) is 19.6. The van der Waals surface area contributed by atoms with Crippen molar-refractivity contribution in [1.82, 2.24) is 15.0 Å². The molecule has 5 rings (SSSR count). The second kappa shape index (κ2) is 7.73. The Balaban J connectivity index is 1.40. The predicted octanol–water partition coefficient (Wildman–Crippen LogP) is 3.51. The molecule has 4 heterocycles. The molecule has 2 saturated heterocycles. The van der Waals surface area contributed by atoms with Crippen molar-refractivity contribution in [1.29, 1.82) is 0 Å². The second-order valence-electron chi connectivity index (χ2n) is 7.29. The molecule has 2 aliphatic rings. The Bertz CT molecular complexity index is 1060. The van der Waals surface area contributed by atoms with Gasteiger partial charge in [0.05, 0.1) is 28.9 Å². The summed E-state index contributed by atoms with van der Waals surface area (Å²) in [5.74, 6) is 0. The number of imidazole rings is 1. The van der Waals surface area contributed by atoms with E-state index in [2.05, 4.69) is 15.0 Å². The van der Waals surface area contributed by atoms with Crippen LogP contribution in [0.25, 0.3) is 22.4 Å². The first-order valence-corrected chi connectivity index (χ1v) is 9.90. The van der Waals surface area contributed by atoms with Gasteiger partial charge in [0.1, 0.15) is 12.2 Å². The molecule has 2 aromatic heterocycles. The average molecular weight is 438 g/mol. The predicted molar refractivity (Wildman–Crippen MR) is 104 cm³/mol. The minimum Gasteiger partial charge on any atom is -0.456 e. The van der Waals surface area contributed by atoms with Gasteiger partial charge in [0.25, 0.3) is 12.4 Å². The fraction of sp³-hybridized carbons (Fsp3) is 0.400. The number of benzene rings is 1. The van der Waals surface area contributed by atoms with Gasteiger partial charge in [-0.25, -0.2) is 13.8 Å². The molecule has 3 aromatic rings. The normalized spacial score (nSPS) is 24.5. The molecular formula is C20H18ClF2N3O4. The third-order valence-electron chi connectivity index (χ3n) is 5.35. The number of fused-ring (bicyclic) bond motifs is 2. The number of hydrogen-bond acceptors (Lipinski definition) is 6. The van der Waals surface area contributed by atoms with E-state index in [0.717, 1.165) is 6.42 Å². The third-order valence-corrected chi connectivity index (χ3v) is 5.64. The Labute approximate surface area is 174 Å². The molecule has 0 radical (unpaired) electrons. The molecule has 1 aromatic carbocycles. The molecule has 2 aliphatic heterocycles. The average Bonchev–Trinajstić information content (AvgIpc) is 3.44. The van der Waals surface area contributed by atoms with Crippen molar-refractivity contribution < 1.29 is 28.1 Å². The molecule has 0 amide bonds. The van der Waals surface area contributed by atoms with Crippen molar-refractivity contribution in [2.45, 2.75) is 37.3 Å². The minimum atomic E-state index is -2.86. The van der Waals surface area contributed by atoms with Crippen LogP contribution in [0, 0.1) is 0 Å². The zero-order chi connectivity index (χ0) is 20.8. The van der Waals surface area contributed by atoms with Crippen LogP contribution in [0.2, 0.25) is 5.02 Å². The van der Waals surface area contributed by atoms with E-state index in [4.69, 9.17) is 25.8 Å². The maximum Gasteiger partial charge on any atom is 0.296 e. The Morgan fingerprint density at radius 1 is 1.20 bits per heavy atom. The Morgan fingerprint density at radius 2 is 2.00 bits per heavy atom. The van der Waals surface area contributed by atoms with Gasteiger partial charge in [-0.2, -0.15) is 4.98 Å². The fourth-order valence-electron chi connectivity index (χ4n) is 3.81. The van der Waals surface area contributed by atoms with E-state index < -0.39 is 12.5 Å². The molecule has 0 bridgehead atoms. The summed E-state index contributed by atoms with van der Waals surface area (Å²) >= 11 is 6.38. The van der Waals surface area contributed by atoms with Crippen molar-refractivity contribution >= 4 is 22.8 Å². The van der Waals surface area contributed by atoms with Crippen molar-refractivity contribution in [3.05, 3.63) is 40.9 Å². The molecule has 7 nitrogen and oxygen atoms in total. The molecular weight excluding hydrogens is 420 g/mol. The molecule has 158 valence electrons. The van der Waals surface area contributed by atoms with Gasteiger partial charge < -0.3 is 24.3 Å². The molecule has 1 unspecified atom stereocenters. The van der Waals surface area contributed by atoms with Gasteiger partial charge in [-0.3, -0.25) is 0 Å². The van der Waals surface area contributed by atoms with E-state index in [1.54, 1.807) is 18.2 Å². The van der Waals surface area contributed by atoms with Crippen molar-refractivity contribution in [2.75, 3.05) is 13.2 Å². The first-order chi connectivity index (χ1) is 14.5. The summed E-state index contributed by atoms with van der Waals surface area (Å²) < 4.78 is 42.6. The SMILES string of the molecule is OC(c1ccc(-c2nc3nc(O[C@@H]4CO[C@@H]5CCO[C@@H]54)[nH]c3cc2Cl)cc1)C(F)F. The van der Waals surface area contributed by atoms with Crippen LogP contribution in [0.5, 0.6) is 6.01 Å². The summed E-state index contributed by atoms with van der Waals surface area (Å²) in [5, 5.41) is 9.86. The van der Waals surface area contributed by atoms with Crippen LogP contribution in [-0.2, 0) is 9.47 Å². The van der Waals surface area contributed by atoms with Crippen LogP contribution in [0.15, 0.2) is 30.3 Å². The van der Waals surface area contributed by atoms with Crippen molar-refractivity contribution in [3.63, 3.8) is 0 Å². The molecule has 0 saturated carbocycles. The van der Waals surface area contributed by atoms with Gasteiger partial charge in [0, 0.05) is 12.2 Å². The summed E-state index contributed by atoms with van der Waals surface area (Å²) in [7, 11) is 0. The van der Waals surface area contributed by atoms with Gasteiger partial charge >= 0.3 is 0 Å². The number of halogens is 3. The highest BCUT2D eigenvalue weighted by molar-refractivity contribution is 6.33. The van der Waals surface area contributed by atoms with Crippen LogP contribution in [0.4, 0.5) is 8.78 Å². The molecule has 4 atom stereocenters. The standard InChI is InChI=1S/C20H18ClF2N3O4/c21-11-7-12-19(25-15(11)9-1-3-10(4-2-9)16(27)18(22)23)26-20(24-12)30-14-8-29-13-5-6-28-17(13)14/h1-4,7,13-14,16-18,27H,5-6,8H2,(H,24,25,26)/t13-,14-,16?,17+/m1/s1. The number of rotatable bonds is 5. The number of H-pyrrole nitrogens is 1. The molecule has 0 spiro atoms. The van der Waals surface area contributed by atoms with E-state index in [-0.39, 0.29) is 23.9 Å². The highest BCUT2D eigenvalue weighted by Gasteiger charge is 2.43. The Hall–Kier alpha value is -2.33. The van der Waals surface area contributed by atoms with E-state index >= 15 is 0 Å². The van der Waals surface area contributed by atoms with E-state index in [1.807, 2.05) is 0 Å². The zero-order valence-electron chi connectivity index (χ0n) is 15.6. The number of aliphatic hydroxyl groups is 1. The van der Waals surface area contributed by atoms with Crippen LogP contribution >= 0.6 is 11.6 Å². The van der Waals surface area contributed by atoms with Gasteiger partial charge in [0.2, 0.25) is 0 Å². The number of nitrogens with one attached hydrogen (secondary N) is 1. The number of pyridine rings is 1. The van der Waals surface area contributed by atoms with Gasteiger partial charge in [-0.15, -0.1) is 0 Å². The monoisotopic (exact) mass is 437 g/mol. The number of alkyl halides is 2.